The molecule has 2 saturated carbocycles. The van der Waals surface area contributed by atoms with E-state index in [0.29, 0.717) is 12.5 Å². The predicted octanol–water partition coefficient (Wildman–Crippen LogP) is 3.41. The zero-order valence-electron chi connectivity index (χ0n) is 11.5. The smallest absolute Gasteiger partial charge is 0.270 e. The van der Waals surface area contributed by atoms with Crippen molar-refractivity contribution in [1.82, 2.24) is 5.32 Å². The van der Waals surface area contributed by atoms with E-state index in [1.807, 2.05) is 0 Å². The van der Waals surface area contributed by atoms with Crippen LogP contribution in [-0.2, 0) is 0 Å². The number of hydrogen-bond donors (Lipinski definition) is 1. The highest BCUT2D eigenvalue weighted by Gasteiger charge is 2.41. The number of carbonyl (C=O) groups is 1. The molecule has 6 heteroatoms. The maximum absolute atomic E-state index is 12.2. The van der Waals surface area contributed by atoms with Gasteiger partial charge < -0.3 is 5.32 Å². The number of nitro groups is 1. The van der Waals surface area contributed by atoms with Crippen LogP contribution in [0.15, 0.2) is 18.2 Å². The minimum Gasteiger partial charge on any atom is -0.352 e. The lowest BCUT2D eigenvalue weighted by Crippen LogP contribution is -2.31. The van der Waals surface area contributed by atoms with Gasteiger partial charge in [0.05, 0.1) is 15.5 Å². The minimum absolute atomic E-state index is 0.120. The van der Waals surface area contributed by atoms with Gasteiger partial charge in [-0.2, -0.15) is 0 Å². The van der Waals surface area contributed by atoms with E-state index >= 15 is 0 Å². The summed E-state index contributed by atoms with van der Waals surface area (Å²) in [6.45, 7) is 0.646. The van der Waals surface area contributed by atoms with Crippen molar-refractivity contribution in [3.8, 4) is 0 Å². The largest absolute Gasteiger partial charge is 0.352 e. The van der Waals surface area contributed by atoms with E-state index in [0.717, 1.165) is 11.8 Å². The molecular formula is C15H17ClN2O3. The first-order chi connectivity index (χ1) is 10.1. The SMILES string of the molecule is O=C(NCC(C1CC1)C1CC1)c1cc([N+](=O)[O-])ccc1Cl. The summed E-state index contributed by atoms with van der Waals surface area (Å²) >= 11 is 5.98. The van der Waals surface area contributed by atoms with Crippen molar-refractivity contribution < 1.29 is 9.72 Å². The van der Waals surface area contributed by atoms with Crippen LogP contribution < -0.4 is 5.32 Å². The minimum atomic E-state index is -0.524. The van der Waals surface area contributed by atoms with Crippen LogP contribution in [0.3, 0.4) is 0 Å². The Labute approximate surface area is 127 Å². The van der Waals surface area contributed by atoms with Gasteiger partial charge in [0.25, 0.3) is 11.6 Å². The highest BCUT2D eigenvalue weighted by molar-refractivity contribution is 6.33. The van der Waals surface area contributed by atoms with Crippen LogP contribution >= 0.6 is 11.6 Å². The van der Waals surface area contributed by atoms with Crippen LogP contribution in [-0.4, -0.2) is 17.4 Å². The maximum Gasteiger partial charge on any atom is 0.270 e. The number of hydrogen-bond acceptors (Lipinski definition) is 3. The Morgan fingerprint density at radius 1 is 1.33 bits per heavy atom. The molecule has 2 fully saturated rings. The summed E-state index contributed by atoms with van der Waals surface area (Å²) in [7, 11) is 0. The van der Waals surface area contributed by atoms with E-state index in [-0.39, 0.29) is 22.2 Å². The van der Waals surface area contributed by atoms with Crippen LogP contribution in [0.2, 0.25) is 5.02 Å². The number of nitrogens with one attached hydrogen (secondary N) is 1. The zero-order valence-corrected chi connectivity index (χ0v) is 12.3. The molecular weight excluding hydrogens is 292 g/mol. The Balaban J connectivity index is 1.66. The summed E-state index contributed by atoms with van der Waals surface area (Å²) in [5, 5.41) is 13.9. The molecule has 0 aromatic heterocycles. The summed E-state index contributed by atoms with van der Waals surface area (Å²) in [6.07, 6.45) is 5.03. The van der Waals surface area contributed by atoms with Crippen molar-refractivity contribution in [2.45, 2.75) is 25.7 Å². The predicted molar refractivity (Wildman–Crippen MR) is 79.4 cm³/mol. The number of rotatable bonds is 6. The van der Waals surface area contributed by atoms with Gasteiger partial charge in [0, 0.05) is 18.7 Å². The molecule has 5 nitrogen and oxygen atoms in total. The van der Waals surface area contributed by atoms with Gasteiger partial charge in [-0.3, -0.25) is 14.9 Å². The first kappa shape index (κ1) is 14.3. The van der Waals surface area contributed by atoms with Crippen LogP contribution in [0.1, 0.15) is 36.0 Å². The summed E-state index contributed by atoms with van der Waals surface area (Å²) in [4.78, 5) is 22.5. The van der Waals surface area contributed by atoms with E-state index in [1.54, 1.807) is 0 Å². The molecule has 0 saturated heterocycles. The van der Waals surface area contributed by atoms with Crippen LogP contribution in [0, 0.1) is 27.9 Å². The number of benzene rings is 1. The van der Waals surface area contributed by atoms with Crippen molar-refractivity contribution in [1.29, 1.82) is 0 Å². The molecule has 1 aromatic rings. The third-order valence-electron chi connectivity index (χ3n) is 4.36. The van der Waals surface area contributed by atoms with Crippen LogP contribution in [0.25, 0.3) is 0 Å². The van der Waals surface area contributed by atoms with Gasteiger partial charge in [0.15, 0.2) is 0 Å². The standard InChI is InChI=1S/C15H17ClN2O3/c16-14-6-5-11(18(20)21)7-12(14)15(19)17-8-13(9-1-2-9)10-3-4-10/h5-7,9-10,13H,1-4,8H2,(H,17,19). The lowest BCUT2D eigenvalue weighted by molar-refractivity contribution is -0.384. The highest BCUT2D eigenvalue weighted by atomic mass is 35.5. The lowest BCUT2D eigenvalue weighted by atomic mass is 9.98. The molecule has 0 unspecified atom stereocenters. The van der Waals surface area contributed by atoms with Crippen molar-refractivity contribution in [3.63, 3.8) is 0 Å². The summed E-state index contributed by atoms with van der Waals surface area (Å²) in [5.41, 5.74) is 0.0571. The molecule has 0 bridgehead atoms. The monoisotopic (exact) mass is 308 g/mol. The van der Waals surface area contributed by atoms with Gasteiger partial charge in [-0.05, 0) is 49.5 Å². The number of halogens is 1. The second-order valence-electron chi connectivity index (χ2n) is 5.97. The first-order valence-electron chi connectivity index (χ1n) is 7.28. The molecule has 3 rings (SSSR count). The summed E-state index contributed by atoms with van der Waals surface area (Å²) in [6, 6.07) is 3.94. The molecule has 21 heavy (non-hydrogen) atoms. The Kier molecular flexibility index (Phi) is 3.85. The average molecular weight is 309 g/mol. The molecule has 0 radical (unpaired) electrons. The number of amides is 1. The van der Waals surface area contributed by atoms with E-state index in [1.165, 1.54) is 43.9 Å². The van der Waals surface area contributed by atoms with Gasteiger partial charge >= 0.3 is 0 Å². The fourth-order valence-electron chi connectivity index (χ4n) is 2.87. The molecule has 0 spiro atoms. The zero-order chi connectivity index (χ0) is 15.0. The lowest BCUT2D eigenvalue weighted by Gasteiger charge is -2.16. The summed E-state index contributed by atoms with van der Waals surface area (Å²) in [5.74, 6) is 1.73. The molecule has 1 N–H and O–H groups in total. The van der Waals surface area contributed by atoms with Crippen LogP contribution in [0.5, 0.6) is 0 Å². The fourth-order valence-corrected chi connectivity index (χ4v) is 3.08. The van der Waals surface area contributed by atoms with Gasteiger partial charge in [-0.15, -0.1) is 0 Å². The first-order valence-corrected chi connectivity index (χ1v) is 7.66. The summed E-state index contributed by atoms with van der Waals surface area (Å²) < 4.78 is 0. The van der Waals surface area contributed by atoms with Crippen molar-refractivity contribution in [2.24, 2.45) is 17.8 Å². The highest BCUT2D eigenvalue weighted by Crippen LogP contribution is 2.48. The number of nitrogens with zero attached hydrogens (tertiary/aromatic N) is 1. The Hall–Kier alpha value is -1.62. The van der Waals surface area contributed by atoms with Crippen LogP contribution in [0.4, 0.5) is 5.69 Å². The third kappa shape index (κ3) is 3.35. The topological polar surface area (TPSA) is 72.2 Å². The van der Waals surface area contributed by atoms with Crippen molar-refractivity contribution in [2.75, 3.05) is 6.54 Å². The van der Waals surface area contributed by atoms with Gasteiger partial charge in [0.2, 0.25) is 0 Å². The van der Waals surface area contributed by atoms with Gasteiger partial charge in [-0.1, -0.05) is 11.6 Å². The van der Waals surface area contributed by atoms with Gasteiger partial charge in [0.1, 0.15) is 0 Å². The Morgan fingerprint density at radius 2 is 1.95 bits per heavy atom. The van der Waals surface area contributed by atoms with Crippen molar-refractivity contribution >= 4 is 23.2 Å². The molecule has 0 atom stereocenters. The fraction of sp³-hybridized carbons (Fsp3) is 0.533. The van der Waals surface area contributed by atoms with Crippen molar-refractivity contribution in [3.05, 3.63) is 38.9 Å². The van der Waals surface area contributed by atoms with E-state index in [9.17, 15) is 14.9 Å². The molecule has 112 valence electrons. The number of non-ortho nitro benzene ring substituents is 1. The molecule has 2 aliphatic rings. The van der Waals surface area contributed by atoms with Gasteiger partial charge in [-0.25, -0.2) is 0 Å². The molecule has 1 amide bonds. The van der Waals surface area contributed by atoms with E-state index in [4.69, 9.17) is 11.6 Å². The normalized spacial score (nSPS) is 17.8. The van der Waals surface area contributed by atoms with E-state index in [2.05, 4.69) is 5.32 Å². The third-order valence-corrected chi connectivity index (χ3v) is 4.69. The number of carbonyl (C=O) groups excluding carboxylic acids is 1. The van der Waals surface area contributed by atoms with E-state index < -0.39 is 4.92 Å². The second-order valence-corrected chi connectivity index (χ2v) is 6.38. The second kappa shape index (κ2) is 5.64. The number of nitro benzene ring substituents is 1. The molecule has 2 aliphatic carbocycles. The molecule has 0 aliphatic heterocycles. The Bertz CT molecular complexity index is 570. The Morgan fingerprint density at radius 3 is 2.48 bits per heavy atom. The molecule has 1 aromatic carbocycles. The quantitative estimate of drug-likeness (QED) is 0.646. The maximum atomic E-state index is 12.2. The average Bonchev–Trinajstić information content (AvgIpc) is 3.32. The molecule has 0 heterocycles.